The Balaban J connectivity index is 2.02. The summed E-state index contributed by atoms with van der Waals surface area (Å²) in [5.41, 5.74) is 1.88. The number of aromatic nitrogens is 2. The van der Waals surface area contributed by atoms with Gasteiger partial charge in [-0.05, 0) is 23.8 Å². The standard InChI is InChI=1S/C20H19N3O2/c1-22-13-11-16(14-18(22)24)20(25)23(2)19(15-8-4-3-5-9-15)17-10-6-7-12-21-17/h3-14,19H,1-2H3/t19-/m1/s1. The van der Waals surface area contributed by atoms with Crippen LogP contribution in [0.4, 0.5) is 0 Å². The largest absolute Gasteiger partial charge is 0.329 e. The van der Waals surface area contributed by atoms with E-state index >= 15 is 0 Å². The van der Waals surface area contributed by atoms with E-state index in [0.29, 0.717) is 5.56 Å². The Kier molecular flexibility index (Phi) is 4.75. The van der Waals surface area contributed by atoms with Crippen molar-refractivity contribution in [1.82, 2.24) is 14.5 Å². The number of nitrogens with zero attached hydrogens (tertiary/aromatic N) is 3. The van der Waals surface area contributed by atoms with Crippen molar-refractivity contribution in [2.24, 2.45) is 7.05 Å². The first-order valence-electron chi connectivity index (χ1n) is 7.97. The van der Waals surface area contributed by atoms with Gasteiger partial charge >= 0.3 is 0 Å². The lowest BCUT2D eigenvalue weighted by atomic mass is 10.0. The zero-order chi connectivity index (χ0) is 17.8. The van der Waals surface area contributed by atoms with Gasteiger partial charge < -0.3 is 9.47 Å². The molecular weight excluding hydrogens is 314 g/mol. The van der Waals surface area contributed by atoms with Crippen molar-refractivity contribution < 1.29 is 4.79 Å². The molecule has 0 unspecified atom stereocenters. The Morgan fingerprint density at radius 2 is 1.80 bits per heavy atom. The van der Waals surface area contributed by atoms with Gasteiger partial charge in [-0.3, -0.25) is 14.6 Å². The predicted molar refractivity (Wildman–Crippen MR) is 96.3 cm³/mol. The maximum Gasteiger partial charge on any atom is 0.254 e. The second kappa shape index (κ2) is 7.13. The van der Waals surface area contributed by atoms with E-state index in [0.717, 1.165) is 11.3 Å². The van der Waals surface area contributed by atoms with E-state index in [1.165, 1.54) is 10.6 Å². The van der Waals surface area contributed by atoms with Crippen molar-refractivity contribution in [2.75, 3.05) is 7.05 Å². The first-order valence-corrected chi connectivity index (χ1v) is 7.97. The number of pyridine rings is 2. The molecular formula is C20H19N3O2. The van der Waals surface area contributed by atoms with Gasteiger partial charge in [-0.25, -0.2) is 0 Å². The van der Waals surface area contributed by atoms with E-state index in [2.05, 4.69) is 4.98 Å². The van der Waals surface area contributed by atoms with Crippen LogP contribution in [0, 0.1) is 0 Å². The number of carbonyl (C=O) groups excluding carboxylic acids is 1. The highest BCUT2D eigenvalue weighted by Crippen LogP contribution is 2.27. The third-order valence-electron chi connectivity index (χ3n) is 4.14. The average molecular weight is 333 g/mol. The molecule has 5 heteroatoms. The molecule has 1 atom stereocenters. The van der Waals surface area contributed by atoms with Crippen LogP contribution in [0.3, 0.4) is 0 Å². The van der Waals surface area contributed by atoms with Gasteiger partial charge in [-0.1, -0.05) is 36.4 Å². The van der Waals surface area contributed by atoms with E-state index in [4.69, 9.17) is 0 Å². The summed E-state index contributed by atoms with van der Waals surface area (Å²) in [7, 11) is 3.38. The third-order valence-corrected chi connectivity index (χ3v) is 4.14. The monoisotopic (exact) mass is 333 g/mol. The SMILES string of the molecule is CN(C(=O)c1ccn(C)c(=O)c1)[C@H](c1ccccc1)c1ccccn1. The molecule has 25 heavy (non-hydrogen) atoms. The molecule has 0 saturated heterocycles. The Morgan fingerprint density at radius 3 is 2.44 bits per heavy atom. The van der Waals surface area contributed by atoms with E-state index in [9.17, 15) is 9.59 Å². The zero-order valence-electron chi connectivity index (χ0n) is 14.2. The van der Waals surface area contributed by atoms with Gasteiger partial charge in [0.05, 0.1) is 11.7 Å². The van der Waals surface area contributed by atoms with E-state index in [-0.39, 0.29) is 17.5 Å². The molecule has 0 aliphatic rings. The summed E-state index contributed by atoms with van der Waals surface area (Å²) in [5.74, 6) is -0.225. The van der Waals surface area contributed by atoms with Crippen LogP contribution in [0.2, 0.25) is 0 Å². The fourth-order valence-electron chi connectivity index (χ4n) is 2.77. The van der Waals surface area contributed by atoms with Crippen LogP contribution in [0.1, 0.15) is 27.7 Å². The lowest BCUT2D eigenvalue weighted by Crippen LogP contribution is -2.33. The molecule has 1 amide bonds. The first-order chi connectivity index (χ1) is 12.1. The third kappa shape index (κ3) is 3.50. The van der Waals surface area contributed by atoms with Gasteiger partial charge in [0, 0.05) is 38.1 Å². The van der Waals surface area contributed by atoms with Crippen molar-refractivity contribution in [2.45, 2.75) is 6.04 Å². The second-order valence-electron chi connectivity index (χ2n) is 5.85. The van der Waals surface area contributed by atoms with Crippen LogP contribution in [-0.4, -0.2) is 27.4 Å². The summed E-state index contributed by atoms with van der Waals surface area (Å²) in [6.45, 7) is 0. The van der Waals surface area contributed by atoms with Gasteiger partial charge in [0.25, 0.3) is 11.5 Å². The second-order valence-corrected chi connectivity index (χ2v) is 5.85. The lowest BCUT2D eigenvalue weighted by molar-refractivity contribution is 0.0752. The molecule has 0 spiro atoms. The van der Waals surface area contributed by atoms with Crippen molar-refractivity contribution in [3.8, 4) is 0 Å². The minimum atomic E-state index is -0.334. The molecule has 0 aliphatic heterocycles. The number of hydrogen-bond donors (Lipinski definition) is 0. The normalized spacial score (nSPS) is 11.8. The Hall–Kier alpha value is -3.21. The topological polar surface area (TPSA) is 55.2 Å². The zero-order valence-corrected chi connectivity index (χ0v) is 14.2. The molecule has 0 bridgehead atoms. The number of amides is 1. The predicted octanol–water partition coefficient (Wildman–Crippen LogP) is 2.64. The van der Waals surface area contributed by atoms with Crippen molar-refractivity contribution in [3.63, 3.8) is 0 Å². The van der Waals surface area contributed by atoms with Crippen LogP contribution in [0.15, 0.2) is 77.9 Å². The Bertz CT molecular complexity index is 881. The molecule has 126 valence electrons. The summed E-state index contributed by atoms with van der Waals surface area (Å²) in [5, 5.41) is 0. The van der Waals surface area contributed by atoms with Gasteiger partial charge in [-0.2, -0.15) is 0 Å². The maximum atomic E-state index is 12.9. The molecule has 0 N–H and O–H groups in total. The van der Waals surface area contributed by atoms with Crippen molar-refractivity contribution >= 4 is 5.91 Å². The Labute approximate surface area is 146 Å². The van der Waals surface area contributed by atoms with Crippen LogP contribution in [-0.2, 0) is 7.05 Å². The summed E-state index contributed by atoms with van der Waals surface area (Å²) in [6.07, 6.45) is 3.31. The molecule has 0 fully saturated rings. The smallest absolute Gasteiger partial charge is 0.254 e. The van der Waals surface area contributed by atoms with Crippen molar-refractivity contribution in [3.05, 3.63) is 100 Å². The summed E-state index contributed by atoms with van der Waals surface area (Å²) < 4.78 is 1.43. The molecule has 1 aromatic carbocycles. The fourth-order valence-corrected chi connectivity index (χ4v) is 2.77. The molecule has 2 heterocycles. The molecule has 0 aliphatic carbocycles. The van der Waals surface area contributed by atoms with Gasteiger partial charge in [0.1, 0.15) is 0 Å². The van der Waals surface area contributed by atoms with Crippen LogP contribution < -0.4 is 5.56 Å². The maximum absolute atomic E-state index is 12.9. The molecule has 0 saturated carbocycles. The highest BCUT2D eigenvalue weighted by molar-refractivity contribution is 5.94. The van der Waals surface area contributed by atoms with Gasteiger partial charge in [0.15, 0.2) is 0 Å². The number of benzene rings is 1. The van der Waals surface area contributed by atoms with Crippen LogP contribution >= 0.6 is 0 Å². The van der Waals surface area contributed by atoms with Crippen LogP contribution in [0.25, 0.3) is 0 Å². The lowest BCUT2D eigenvalue weighted by Gasteiger charge is -2.28. The minimum Gasteiger partial charge on any atom is -0.329 e. The van der Waals surface area contributed by atoms with Gasteiger partial charge in [0.2, 0.25) is 0 Å². The van der Waals surface area contributed by atoms with Gasteiger partial charge in [-0.15, -0.1) is 0 Å². The van der Waals surface area contributed by atoms with E-state index in [1.807, 2.05) is 48.5 Å². The Morgan fingerprint density at radius 1 is 1.08 bits per heavy atom. The molecule has 0 radical (unpaired) electrons. The number of rotatable bonds is 4. The summed E-state index contributed by atoms with van der Waals surface area (Å²) >= 11 is 0. The van der Waals surface area contributed by atoms with E-state index < -0.39 is 0 Å². The quantitative estimate of drug-likeness (QED) is 0.737. The highest BCUT2D eigenvalue weighted by Gasteiger charge is 2.25. The molecule has 3 aromatic rings. The molecule has 3 rings (SSSR count). The molecule has 5 nitrogen and oxygen atoms in total. The van der Waals surface area contributed by atoms with E-state index in [1.54, 1.807) is 37.5 Å². The first kappa shape index (κ1) is 16.6. The fraction of sp³-hybridized carbons (Fsp3) is 0.150. The number of carbonyl (C=O) groups is 1. The van der Waals surface area contributed by atoms with Crippen LogP contribution in [0.5, 0.6) is 0 Å². The number of hydrogen-bond acceptors (Lipinski definition) is 3. The number of aryl methyl sites for hydroxylation is 1. The highest BCUT2D eigenvalue weighted by atomic mass is 16.2. The summed E-state index contributed by atoms with van der Waals surface area (Å²) in [4.78, 5) is 30.8. The summed E-state index contributed by atoms with van der Waals surface area (Å²) in [6, 6.07) is 18.0. The van der Waals surface area contributed by atoms with Crippen molar-refractivity contribution in [1.29, 1.82) is 0 Å². The average Bonchev–Trinajstić information content (AvgIpc) is 2.65. The minimum absolute atomic E-state index is 0.214. The molecule has 2 aromatic heterocycles.